The Kier molecular flexibility index (Phi) is 6.57. The van der Waals surface area contributed by atoms with Crippen molar-refractivity contribution in [2.75, 3.05) is 0 Å². The van der Waals surface area contributed by atoms with Crippen molar-refractivity contribution >= 4 is 39.9 Å². The Morgan fingerprint density at radius 3 is 1.06 bits per heavy atom. The van der Waals surface area contributed by atoms with E-state index in [4.69, 9.17) is 11.8 Å². The molecule has 0 nitrogen and oxygen atoms in total. The van der Waals surface area contributed by atoms with Gasteiger partial charge in [-0.05, 0) is 12.1 Å². The van der Waals surface area contributed by atoms with Crippen molar-refractivity contribution in [3.63, 3.8) is 0 Å². The molecule has 0 aliphatic carbocycles. The summed E-state index contributed by atoms with van der Waals surface area (Å²) in [4.78, 5) is 0. The molecule has 0 radical (unpaired) electrons. The van der Waals surface area contributed by atoms with Crippen LogP contribution < -0.4 is 10.6 Å². The van der Waals surface area contributed by atoms with E-state index in [9.17, 15) is 52.7 Å². The molecule has 0 atom stereocenters. The lowest BCUT2D eigenvalue weighted by Crippen LogP contribution is -2.31. The monoisotopic (exact) mass is 522 g/mol. The minimum Gasteiger partial charge on any atom is -0.166 e. The summed E-state index contributed by atoms with van der Waals surface area (Å²) >= 11 is 8.44. The standard InChI is InChI=1S/C16H7F12PS2/c17-13(18,19)7-3-1-5-9(11(7)15(23,24)25)29(30,31)10-6-2-4-8(14(20,21)22)12(10)16(26,27)28/h1-6H,(H,30,31). The summed E-state index contributed by atoms with van der Waals surface area (Å²) in [5, 5.41) is -7.69. The molecular weight excluding hydrogens is 515 g/mol. The van der Waals surface area contributed by atoms with Gasteiger partial charge in [0, 0.05) is 10.6 Å². The SMILES string of the molecule is FC(F)(F)c1cccc(P(=S)(S)c2cccc(C(F)(F)F)c2C(F)(F)F)c1C(F)(F)F. The molecule has 2 rings (SSSR count). The zero-order valence-corrected chi connectivity index (χ0v) is 16.9. The molecule has 0 spiro atoms. The summed E-state index contributed by atoms with van der Waals surface area (Å²) in [6.07, 6.45) is -22.6. The molecule has 0 unspecified atom stereocenters. The lowest BCUT2D eigenvalue weighted by Gasteiger charge is -2.28. The number of hydrogen-bond donors (Lipinski definition) is 1. The highest BCUT2D eigenvalue weighted by molar-refractivity contribution is 8.68. The first-order chi connectivity index (χ1) is 13.7. The van der Waals surface area contributed by atoms with Gasteiger partial charge in [-0.25, -0.2) is 0 Å². The maximum atomic E-state index is 13.5. The van der Waals surface area contributed by atoms with Crippen molar-refractivity contribution < 1.29 is 52.7 Å². The highest BCUT2D eigenvalue weighted by Crippen LogP contribution is 2.56. The van der Waals surface area contributed by atoms with E-state index in [1.807, 2.05) is 0 Å². The first-order valence-corrected chi connectivity index (χ1v) is 11.5. The highest BCUT2D eigenvalue weighted by atomic mass is 32.9. The second-order valence-corrected chi connectivity index (χ2v) is 12.3. The Morgan fingerprint density at radius 2 is 0.839 bits per heavy atom. The normalized spacial score (nSPS) is 14.1. The quantitative estimate of drug-likeness (QED) is 0.251. The van der Waals surface area contributed by atoms with Gasteiger partial charge in [0.25, 0.3) is 0 Å². The number of alkyl halides is 12. The topological polar surface area (TPSA) is 0 Å². The van der Waals surface area contributed by atoms with E-state index < -0.39 is 62.8 Å². The van der Waals surface area contributed by atoms with Gasteiger partial charge in [0.1, 0.15) is 0 Å². The Hall–Kier alpha value is -1.40. The van der Waals surface area contributed by atoms with Crippen LogP contribution in [-0.4, -0.2) is 0 Å². The van der Waals surface area contributed by atoms with E-state index in [1.54, 1.807) is 0 Å². The fraction of sp³-hybridized carbons (Fsp3) is 0.250. The van der Waals surface area contributed by atoms with E-state index >= 15 is 0 Å². The number of thiol groups is 1. The lowest BCUT2D eigenvalue weighted by molar-refractivity contribution is -0.161. The number of hydrogen-bond acceptors (Lipinski definition) is 1. The van der Waals surface area contributed by atoms with Crippen LogP contribution in [0.1, 0.15) is 22.3 Å². The maximum Gasteiger partial charge on any atom is 0.417 e. The van der Waals surface area contributed by atoms with Gasteiger partial charge < -0.3 is 0 Å². The minimum atomic E-state index is -5.74. The van der Waals surface area contributed by atoms with Gasteiger partial charge in [0.15, 0.2) is 0 Å². The van der Waals surface area contributed by atoms with Crippen LogP contribution in [0.4, 0.5) is 52.7 Å². The number of halogens is 12. The largest absolute Gasteiger partial charge is 0.417 e. The summed E-state index contributed by atoms with van der Waals surface area (Å²) in [6, 6.07) is 1.76. The average molecular weight is 522 g/mol. The minimum absolute atomic E-state index is 0.0340. The molecule has 31 heavy (non-hydrogen) atoms. The molecule has 0 aliphatic heterocycles. The van der Waals surface area contributed by atoms with Gasteiger partial charge in [-0.2, -0.15) is 52.7 Å². The second kappa shape index (κ2) is 7.87. The van der Waals surface area contributed by atoms with Crippen LogP contribution in [0.2, 0.25) is 0 Å². The Bertz CT molecular complexity index is 951. The molecule has 0 heterocycles. The summed E-state index contributed by atoms with van der Waals surface area (Å²) < 4.78 is 160. The fourth-order valence-corrected chi connectivity index (χ4v) is 6.63. The van der Waals surface area contributed by atoms with Crippen molar-refractivity contribution in [1.29, 1.82) is 0 Å². The van der Waals surface area contributed by atoms with Gasteiger partial charge in [-0.15, -0.1) is 12.2 Å². The zero-order chi connectivity index (χ0) is 24.2. The molecule has 2 aromatic carbocycles. The highest BCUT2D eigenvalue weighted by Gasteiger charge is 2.50. The fourth-order valence-electron chi connectivity index (χ4n) is 2.78. The third-order valence-electron chi connectivity index (χ3n) is 3.92. The summed E-state index contributed by atoms with van der Waals surface area (Å²) in [5.74, 6) is 0. The first-order valence-electron chi connectivity index (χ1n) is 7.59. The molecule has 0 aliphatic rings. The smallest absolute Gasteiger partial charge is 0.166 e. The van der Waals surface area contributed by atoms with E-state index in [0.29, 0.717) is 24.3 Å². The van der Waals surface area contributed by atoms with E-state index in [1.165, 1.54) is 0 Å². The van der Waals surface area contributed by atoms with Crippen molar-refractivity contribution in [1.82, 2.24) is 0 Å². The van der Waals surface area contributed by atoms with Crippen LogP contribution in [0.5, 0.6) is 0 Å². The second-order valence-electron chi connectivity index (χ2n) is 5.97. The van der Waals surface area contributed by atoms with Crippen molar-refractivity contribution in [3.8, 4) is 0 Å². The number of rotatable bonds is 2. The van der Waals surface area contributed by atoms with Crippen molar-refractivity contribution in [2.45, 2.75) is 24.7 Å². The Balaban J connectivity index is 3.02. The van der Waals surface area contributed by atoms with Gasteiger partial charge in [0.05, 0.1) is 27.5 Å². The third kappa shape index (κ3) is 5.16. The molecule has 172 valence electrons. The first kappa shape index (κ1) is 25.9. The molecular formula is C16H7F12PS2. The lowest BCUT2D eigenvalue weighted by atomic mass is 10.1. The predicted octanol–water partition coefficient (Wildman–Crippen LogP) is 7.04. The van der Waals surface area contributed by atoms with Gasteiger partial charge in [-0.3, -0.25) is 0 Å². The van der Waals surface area contributed by atoms with Crippen LogP contribution >= 0.6 is 17.5 Å². The van der Waals surface area contributed by atoms with Crippen LogP contribution in [0, 0.1) is 0 Å². The molecule has 0 saturated heterocycles. The maximum absolute atomic E-state index is 13.5. The zero-order valence-electron chi connectivity index (χ0n) is 14.3. The van der Waals surface area contributed by atoms with Gasteiger partial charge in [-0.1, -0.05) is 36.1 Å². The summed E-state index contributed by atoms with van der Waals surface area (Å²) in [7, 11) is 0. The Labute approximate surface area is 176 Å². The third-order valence-corrected chi connectivity index (χ3v) is 8.44. The molecule has 0 bridgehead atoms. The van der Waals surface area contributed by atoms with Crippen LogP contribution in [0.3, 0.4) is 0 Å². The van der Waals surface area contributed by atoms with Crippen LogP contribution in [-0.2, 0) is 36.5 Å². The Morgan fingerprint density at radius 1 is 0.548 bits per heavy atom. The molecule has 0 amide bonds. The average Bonchev–Trinajstić information content (AvgIpc) is 2.57. The molecule has 0 N–H and O–H groups in total. The van der Waals surface area contributed by atoms with E-state index in [2.05, 4.69) is 12.2 Å². The summed E-state index contributed by atoms with van der Waals surface area (Å²) in [5.41, 5.74) is -9.29. The number of benzene rings is 2. The van der Waals surface area contributed by atoms with Gasteiger partial charge >= 0.3 is 24.7 Å². The summed E-state index contributed by atoms with van der Waals surface area (Å²) in [6.45, 7) is 0. The van der Waals surface area contributed by atoms with Gasteiger partial charge in [0.2, 0.25) is 0 Å². The molecule has 0 aromatic heterocycles. The van der Waals surface area contributed by atoms with E-state index in [-0.39, 0.29) is 12.1 Å². The molecule has 15 heteroatoms. The van der Waals surface area contributed by atoms with Crippen LogP contribution in [0.15, 0.2) is 36.4 Å². The molecule has 0 saturated carbocycles. The van der Waals surface area contributed by atoms with E-state index in [0.717, 1.165) is 0 Å². The predicted molar refractivity (Wildman–Crippen MR) is 95.4 cm³/mol. The molecule has 0 fully saturated rings. The van der Waals surface area contributed by atoms with Crippen molar-refractivity contribution in [3.05, 3.63) is 58.7 Å². The van der Waals surface area contributed by atoms with Crippen molar-refractivity contribution in [2.24, 2.45) is 0 Å². The van der Waals surface area contributed by atoms with Crippen LogP contribution in [0.25, 0.3) is 0 Å². The molecule has 2 aromatic rings.